The van der Waals surface area contributed by atoms with E-state index < -0.39 is 11.7 Å². The highest BCUT2D eigenvalue weighted by atomic mass is 16.6. The van der Waals surface area contributed by atoms with E-state index in [1.165, 1.54) is 0 Å². The zero-order valence-corrected chi connectivity index (χ0v) is 11.5. The first kappa shape index (κ1) is 14.3. The van der Waals surface area contributed by atoms with Crippen molar-refractivity contribution >= 4 is 12.0 Å². The fraction of sp³-hybridized carbons (Fsp3) is 0.667. The van der Waals surface area contributed by atoms with E-state index in [1.54, 1.807) is 6.20 Å². The van der Waals surface area contributed by atoms with Gasteiger partial charge in [-0.3, -0.25) is 0 Å². The highest BCUT2D eigenvalue weighted by molar-refractivity contribution is 5.67. The highest BCUT2D eigenvalue weighted by Gasteiger charge is 2.15. The Labute approximate surface area is 108 Å². The number of rotatable bonds is 5. The summed E-state index contributed by atoms with van der Waals surface area (Å²) in [6.07, 6.45) is 3.25. The summed E-state index contributed by atoms with van der Waals surface area (Å²) in [6, 6.07) is 0. The van der Waals surface area contributed by atoms with Gasteiger partial charge in [0.25, 0.3) is 0 Å². The lowest BCUT2D eigenvalue weighted by molar-refractivity contribution is 0.0530. The molecule has 0 bridgehead atoms. The van der Waals surface area contributed by atoms with E-state index in [2.05, 4.69) is 15.6 Å². The van der Waals surface area contributed by atoms with Crippen LogP contribution in [-0.2, 0) is 11.3 Å². The summed E-state index contributed by atoms with van der Waals surface area (Å²) in [6.45, 7) is 9.52. The van der Waals surface area contributed by atoms with Gasteiger partial charge < -0.3 is 19.9 Å². The Morgan fingerprint density at radius 2 is 2.17 bits per heavy atom. The highest BCUT2D eigenvalue weighted by Crippen LogP contribution is 2.06. The second-order valence-corrected chi connectivity index (χ2v) is 4.89. The van der Waals surface area contributed by atoms with E-state index in [0.717, 1.165) is 12.5 Å². The number of carbonyl (C=O) groups is 1. The smallest absolute Gasteiger partial charge is 0.407 e. The monoisotopic (exact) mass is 254 g/mol. The molecule has 0 atom stereocenters. The molecule has 6 heteroatoms. The Morgan fingerprint density at radius 3 is 2.78 bits per heavy atom. The molecule has 1 aromatic rings. The van der Waals surface area contributed by atoms with Crippen LogP contribution in [-0.4, -0.2) is 34.3 Å². The lowest BCUT2D eigenvalue weighted by atomic mass is 10.2. The summed E-state index contributed by atoms with van der Waals surface area (Å²) in [5.74, 6) is 0.809. The molecule has 0 unspecified atom stereocenters. The minimum atomic E-state index is -0.462. The molecule has 0 aliphatic rings. The molecular weight excluding hydrogens is 232 g/mol. The van der Waals surface area contributed by atoms with Crippen molar-refractivity contribution in [3.8, 4) is 0 Å². The van der Waals surface area contributed by atoms with Gasteiger partial charge in [-0.2, -0.15) is 0 Å². The van der Waals surface area contributed by atoms with Gasteiger partial charge in [0, 0.05) is 32.0 Å². The van der Waals surface area contributed by atoms with E-state index in [1.807, 2.05) is 38.5 Å². The molecule has 0 saturated carbocycles. The van der Waals surface area contributed by atoms with Crippen LogP contribution in [0.4, 0.5) is 10.7 Å². The van der Waals surface area contributed by atoms with Crippen LogP contribution in [0.3, 0.4) is 0 Å². The maximum Gasteiger partial charge on any atom is 0.407 e. The van der Waals surface area contributed by atoms with Crippen molar-refractivity contribution in [2.45, 2.75) is 39.8 Å². The zero-order chi connectivity index (χ0) is 13.6. The molecule has 6 nitrogen and oxygen atoms in total. The van der Waals surface area contributed by atoms with E-state index in [-0.39, 0.29) is 0 Å². The maximum atomic E-state index is 11.4. The largest absolute Gasteiger partial charge is 0.444 e. The van der Waals surface area contributed by atoms with Gasteiger partial charge in [0.1, 0.15) is 5.60 Å². The minimum absolute atomic E-state index is 0.400. The van der Waals surface area contributed by atoms with E-state index >= 15 is 0 Å². The first-order chi connectivity index (χ1) is 8.42. The lowest BCUT2D eigenvalue weighted by Crippen LogP contribution is -2.35. The standard InChI is InChI=1S/C12H22N4O2/c1-5-16-9-8-14-10(16)13-6-7-15-11(17)18-12(2,3)4/h8-9H,5-7H2,1-4H3,(H,13,14)(H,15,17). The third-order valence-corrected chi connectivity index (χ3v) is 2.13. The van der Waals surface area contributed by atoms with Gasteiger partial charge in [0.2, 0.25) is 5.95 Å². The number of aromatic nitrogens is 2. The second-order valence-electron chi connectivity index (χ2n) is 4.89. The molecule has 1 amide bonds. The molecule has 0 saturated heterocycles. The van der Waals surface area contributed by atoms with Gasteiger partial charge in [0.05, 0.1) is 0 Å². The van der Waals surface area contributed by atoms with Crippen molar-refractivity contribution in [1.29, 1.82) is 0 Å². The average molecular weight is 254 g/mol. The number of aryl methyl sites for hydroxylation is 1. The molecule has 1 aromatic heterocycles. The number of ether oxygens (including phenoxy) is 1. The van der Waals surface area contributed by atoms with Crippen LogP contribution >= 0.6 is 0 Å². The van der Waals surface area contributed by atoms with Crippen LogP contribution in [0.1, 0.15) is 27.7 Å². The average Bonchev–Trinajstić information content (AvgIpc) is 2.69. The van der Waals surface area contributed by atoms with Crippen LogP contribution in [0, 0.1) is 0 Å². The number of hydrogen-bond acceptors (Lipinski definition) is 4. The number of anilines is 1. The summed E-state index contributed by atoms with van der Waals surface area (Å²) in [5, 5.41) is 5.82. The van der Waals surface area contributed by atoms with Gasteiger partial charge in [-0.15, -0.1) is 0 Å². The molecule has 0 aromatic carbocycles. The molecule has 0 radical (unpaired) electrons. The first-order valence-electron chi connectivity index (χ1n) is 6.14. The molecule has 102 valence electrons. The minimum Gasteiger partial charge on any atom is -0.444 e. The fourth-order valence-corrected chi connectivity index (χ4v) is 1.38. The Hall–Kier alpha value is -1.72. The third-order valence-electron chi connectivity index (χ3n) is 2.13. The molecular formula is C12H22N4O2. The predicted molar refractivity (Wildman–Crippen MR) is 70.6 cm³/mol. The molecule has 1 heterocycles. The topological polar surface area (TPSA) is 68.2 Å². The number of hydrogen-bond donors (Lipinski definition) is 2. The third kappa shape index (κ3) is 5.07. The summed E-state index contributed by atoms with van der Waals surface area (Å²) < 4.78 is 7.11. The fourth-order valence-electron chi connectivity index (χ4n) is 1.38. The van der Waals surface area contributed by atoms with Crippen molar-refractivity contribution in [3.63, 3.8) is 0 Å². The summed E-state index contributed by atoms with van der Waals surface area (Å²) >= 11 is 0. The molecule has 1 rings (SSSR count). The van der Waals surface area contributed by atoms with E-state index in [0.29, 0.717) is 13.1 Å². The van der Waals surface area contributed by atoms with Crippen LogP contribution < -0.4 is 10.6 Å². The lowest BCUT2D eigenvalue weighted by Gasteiger charge is -2.19. The normalized spacial score (nSPS) is 11.1. The van der Waals surface area contributed by atoms with Crippen LogP contribution in [0.15, 0.2) is 12.4 Å². The molecule has 0 fully saturated rings. The van der Waals surface area contributed by atoms with Crippen molar-refractivity contribution in [1.82, 2.24) is 14.9 Å². The second kappa shape index (κ2) is 6.28. The van der Waals surface area contributed by atoms with Gasteiger partial charge in [0.15, 0.2) is 0 Å². The summed E-state index contributed by atoms with van der Waals surface area (Å²) in [7, 11) is 0. The van der Waals surface area contributed by atoms with E-state index in [4.69, 9.17) is 4.74 Å². The van der Waals surface area contributed by atoms with Gasteiger partial charge in [-0.25, -0.2) is 9.78 Å². The van der Waals surface area contributed by atoms with Crippen molar-refractivity contribution in [2.75, 3.05) is 18.4 Å². The first-order valence-corrected chi connectivity index (χ1v) is 6.14. The molecule has 0 spiro atoms. The van der Waals surface area contributed by atoms with Crippen LogP contribution in [0.25, 0.3) is 0 Å². The van der Waals surface area contributed by atoms with Gasteiger partial charge in [-0.1, -0.05) is 0 Å². The summed E-state index contributed by atoms with van der Waals surface area (Å²) in [4.78, 5) is 15.5. The SMILES string of the molecule is CCn1ccnc1NCCNC(=O)OC(C)(C)C. The molecule has 0 aliphatic carbocycles. The summed E-state index contributed by atoms with van der Waals surface area (Å²) in [5.41, 5.74) is -0.462. The Kier molecular flexibility index (Phi) is 5.00. The number of imidazole rings is 1. The number of carbonyl (C=O) groups excluding carboxylic acids is 1. The zero-order valence-electron chi connectivity index (χ0n) is 11.5. The number of nitrogens with one attached hydrogen (secondary N) is 2. The maximum absolute atomic E-state index is 11.4. The predicted octanol–water partition coefficient (Wildman–Crippen LogP) is 1.84. The Bertz CT molecular complexity index is 382. The van der Waals surface area contributed by atoms with Crippen LogP contribution in [0.2, 0.25) is 0 Å². The molecule has 18 heavy (non-hydrogen) atoms. The number of amides is 1. The number of alkyl carbamates (subject to hydrolysis) is 1. The number of nitrogens with zero attached hydrogens (tertiary/aromatic N) is 2. The Morgan fingerprint density at radius 1 is 1.44 bits per heavy atom. The quantitative estimate of drug-likeness (QED) is 0.787. The van der Waals surface area contributed by atoms with Crippen molar-refractivity contribution < 1.29 is 9.53 Å². The van der Waals surface area contributed by atoms with Gasteiger partial charge in [-0.05, 0) is 27.7 Å². The van der Waals surface area contributed by atoms with Gasteiger partial charge >= 0.3 is 6.09 Å². The Balaban J connectivity index is 2.21. The van der Waals surface area contributed by atoms with E-state index in [9.17, 15) is 4.79 Å². The van der Waals surface area contributed by atoms with Crippen molar-refractivity contribution in [3.05, 3.63) is 12.4 Å². The molecule has 0 aliphatic heterocycles. The molecule has 2 N–H and O–H groups in total. The van der Waals surface area contributed by atoms with Crippen LogP contribution in [0.5, 0.6) is 0 Å². The van der Waals surface area contributed by atoms with Crippen molar-refractivity contribution in [2.24, 2.45) is 0 Å².